The fraction of sp³-hybridized carbons (Fsp3) is 0.182. The predicted octanol–water partition coefficient (Wildman–Crippen LogP) is 4.22. The van der Waals surface area contributed by atoms with Gasteiger partial charge in [0, 0.05) is 12.0 Å². The lowest BCUT2D eigenvalue weighted by Gasteiger charge is -2.04. The molecule has 0 saturated heterocycles. The Morgan fingerprint density at radius 2 is 1.83 bits per heavy atom. The maximum atomic E-state index is 5.38. The van der Waals surface area contributed by atoms with Crippen molar-refractivity contribution in [3.05, 3.63) is 87.7 Å². The summed E-state index contributed by atoms with van der Waals surface area (Å²) >= 11 is 5.38. The minimum atomic E-state index is 0.445. The van der Waals surface area contributed by atoms with Gasteiger partial charge in [-0.15, -0.1) is 0 Å². The van der Waals surface area contributed by atoms with E-state index in [0.29, 0.717) is 11.2 Å². The van der Waals surface area contributed by atoms with Crippen LogP contribution in [0.5, 0.6) is 5.75 Å². The smallest absolute Gasteiger partial charge is 0.216 e. The Morgan fingerprint density at radius 1 is 1.10 bits per heavy atom. The van der Waals surface area contributed by atoms with E-state index in [2.05, 4.69) is 20.4 Å². The van der Waals surface area contributed by atoms with Crippen molar-refractivity contribution in [3.8, 4) is 11.4 Å². The number of H-pyrrole nitrogens is 1. The lowest BCUT2D eigenvalue weighted by molar-refractivity contribution is 0.414. The molecule has 7 nitrogen and oxygen atoms in total. The molecule has 0 unspecified atom stereocenters. The molecule has 4 aromatic rings. The maximum Gasteiger partial charge on any atom is 0.216 e. The second-order valence-electron chi connectivity index (χ2n) is 6.86. The molecular formula is C22H22N6OS. The summed E-state index contributed by atoms with van der Waals surface area (Å²) in [7, 11) is 1.65. The second kappa shape index (κ2) is 8.46. The first kappa shape index (κ1) is 19.8. The van der Waals surface area contributed by atoms with Gasteiger partial charge in [0.1, 0.15) is 5.75 Å². The Labute approximate surface area is 179 Å². The van der Waals surface area contributed by atoms with Crippen molar-refractivity contribution in [1.29, 1.82) is 0 Å². The summed E-state index contributed by atoms with van der Waals surface area (Å²) in [5.41, 5.74) is 4.96. The van der Waals surface area contributed by atoms with Crippen LogP contribution in [0.25, 0.3) is 5.69 Å². The van der Waals surface area contributed by atoms with Crippen LogP contribution in [0.3, 0.4) is 0 Å². The molecule has 0 aliphatic heterocycles. The van der Waals surface area contributed by atoms with Crippen molar-refractivity contribution in [1.82, 2.24) is 24.7 Å². The van der Waals surface area contributed by atoms with E-state index in [1.165, 1.54) is 0 Å². The highest BCUT2D eigenvalue weighted by atomic mass is 32.1. The van der Waals surface area contributed by atoms with Gasteiger partial charge in [0.25, 0.3) is 0 Å². The number of aromatic nitrogens is 5. The highest BCUT2D eigenvalue weighted by molar-refractivity contribution is 7.71. The highest BCUT2D eigenvalue weighted by Crippen LogP contribution is 2.17. The van der Waals surface area contributed by atoms with E-state index in [1.54, 1.807) is 18.0 Å². The summed E-state index contributed by atoms with van der Waals surface area (Å²) in [4.78, 5) is 0. The fourth-order valence-corrected chi connectivity index (χ4v) is 3.46. The first-order chi connectivity index (χ1) is 14.6. The van der Waals surface area contributed by atoms with Gasteiger partial charge in [-0.2, -0.15) is 20.0 Å². The third kappa shape index (κ3) is 3.95. The van der Waals surface area contributed by atoms with Crippen molar-refractivity contribution >= 4 is 18.4 Å². The number of rotatable bonds is 6. The second-order valence-corrected chi connectivity index (χ2v) is 7.24. The van der Waals surface area contributed by atoms with Gasteiger partial charge in [0.05, 0.1) is 30.4 Å². The predicted molar refractivity (Wildman–Crippen MR) is 119 cm³/mol. The van der Waals surface area contributed by atoms with Crippen LogP contribution in [0.2, 0.25) is 0 Å². The van der Waals surface area contributed by atoms with Crippen LogP contribution in [-0.4, -0.2) is 38.0 Å². The first-order valence-corrected chi connectivity index (χ1v) is 9.93. The summed E-state index contributed by atoms with van der Waals surface area (Å²) in [5, 5.41) is 16.5. The SMILES string of the molecule is COc1ccc(Cc2n[nH]c(=S)n2N=Cc2c(C)nn(-c3ccccc3)c2C)cc1. The largest absolute Gasteiger partial charge is 0.497 e. The number of para-hydroxylation sites is 1. The Bertz CT molecular complexity index is 1240. The van der Waals surface area contributed by atoms with E-state index in [-0.39, 0.29) is 0 Å². The molecule has 0 spiro atoms. The average Bonchev–Trinajstić information content (AvgIpc) is 3.26. The van der Waals surface area contributed by atoms with Crippen LogP contribution in [0.1, 0.15) is 28.3 Å². The molecule has 0 bridgehead atoms. The van der Waals surface area contributed by atoms with E-state index in [4.69, 9.17) is 17.0 Å². The molecule has 2 aromatic heterocycles. The van der Waals surface area contributed by atoms with Gasteiger partial charge in [0.2, 0.25) is 4.77 Å². The summed E-state index contributed by atoms with van der Waals surface area (Å²) in [5.74, 6) is 1.55. The van der Waals surface area contributed by atoms with E-state index >= 15 is 0 Å². The van der Waals surface area contributed by atoms with Gasteiger partial charge in [-0.1, -0.05) is 30.3 Å². The van der Waals surface area contributed by atoms with Crippen LogP contribution >= 0.6 is 12.2 Å². The molecule has 4 rings (SSSR count). The van der Waals surface area contributed by atoms with Gasteiger partial charge in [-0.3, -0.25) is 5.10 Å². The number of nitrogens with one attached hydrogen (secondary N) is 1. The topological polar surface area (TPSA) is 73.0 Å². The molecule has 2 aromatic carbocycles. The quantitative estimate of drug-likeness (QED) is 0.376. The molecule has 0 radical (unpaired) electrons. The Kier molecular flexibility index (Phi) is 5.58. The molecule has 0 aliphatic rings. The van der Waals surface area contributed by atoms with E-state index < -0.39 is 0 Å². The Morgan fingerprint density at radius 3 is 2.53 bits per heavy atom. The van der Waals surface area contributed by atoms with Crippen molar-refractivity contribution in [3.63, 3.8) is 0 Å². The van der Waals surface area contributed by atoms with Gasteiger partial charge >= 0.3 is 0 Å². The first-order valence-electron chi connectivity index (χ1n) is 9.52. The zero-order valence-electron chi connectivity index (χ0n) is 17.0. The molecule has 0 fully saturated rings. The zero-order valence-corrected chi connectivity index (χ0v) is 17.8. The van der Waals surface area contributed by atoms with Gasteiger partial charge in [-0.05, 0) is 55.9 Å². The Hall–Kier alpha value is -3.52. The molecule has 1 N–H and O–H groups in total. The number of methoxy groups -OCH3 is 1. The lowest BCUT2D eigenvalue weighted by atomic mass is 10.1. The molecule has 152 valence electrons. The number of hydrogen-bond donors (Lipinski definition) is 1. The zero-order chi connectivity index (χ0) is 21.1. The number of hydrogen-bond acceptors (Lipinski definition) is 5. The number of aromatic amines is 1. The maximum absolute atomic E-state index is 5.38. The Balaban J connectivity index is 1.63. The fourth-order valence-electron chi connectivity index (χ4n) is 3.26. The molecule has 2 heterocycles. The van der Waals surface area contributed by atoms with Crippen LogP contribution in [0.15, 0.2) is 59.7 Å². The van der Waals surface area contributed by atoms with Gasteiger partial charge in [0.15, 0.2) is 5.82 Å². The van der Waals surface area contributed by atoms with Crippen molar-refractivity contribution in [2.45, 2.75) is 20.3 Å². The summed E-state index contributed by atoms with van der Waals surface area (Å²) < 4.78 is 9.23. The van der Waals surface area contributed by atoms with E-state index in [0.717, 1.165) is 39.8 Å². The van der Waals surface area contributed by atoms with Crippen LogP contribution in [0.4, 0.5) is 0 Å². The summed E-state index contributed by atoms with van der Waals surface area (Å²) in [6.45, 7) is 4.00. The van der Waals surface area contributed by atoms with Crippen molar-refractivity contribution < 1.29 is 4.74 Å². The van der Waals surface area contributed by atoms with Crippen molar-refractivity contribution in [2.24, 2.45) is 5.10 Å². The van der Waals surface area contributed by atoms with E-state index in [1.807, 2.05) is 73.1 Å². The number of benzene rings is 2. The number of ether oxygens (including phenoxy) is 1. The number of nitrogens with zero attached hydrogens (tertiary/aromatic N) is 5. The monoisotopic (exact) mass is 418 g/mol. The lowest BCUT2D eigenvalue weighted by Crippen LogP contribution is -2.01. The molecule has 8 heteroatoms. The third-order valence-electron chi connectivity index (χ3n) is 4.89. The molecule has 30 heavy (non-hydrogen) atoms. The van der Waals surface area contributed by atoms with Gasteiger partial charge in [-0.25, -0.2) is 4.68 Å². The van der Waals surface area contributed by atoms with Crippen LogP contribution in [0, 0.1) is 18.6 Å². The van der Waals surface area contributed by atoms with Gasteiger partial charge < -0.3 is 4.74 Å². The molecule has 0 amide bonds. The molecule has 0 atom stereocenters. The standard InChI is InChI=1S/C22H22N6OS/c1-15-20(16(2)27(26-15)18-7-5-4-6-8-18)14-23-28-21(24-25-22(28)30)13-17-9-11-19(29-3)12-10-17/h4-12,14H,13H2,1-3H3,(H,25,30). The molecular weight excluding hydrogens is 396 g/mol. The molecule has 0 aliphatic carbocycles. The summed E-state index contributed by atoms with van der Waals surface area (Å²) in [6, 6.07) is 17.9. The van der Waals surface area contributed by atoms with Crippen LogP contribution in [-0.2, 0) is 6.42 Å². The average molecular weight is 419 g/mol. The molecule has 0 saturated carbocycles. The number of aryl methyl sites for hydroxylation is 1. The third-order valence-corrected chi connectivity index (χ3v) is 5.15. The van der Waals surface area contributed by atoms with Crippen LogP contribution < -0.4 is 4.74 Å². The summed E-state index contributed by atoms with van der Waals surface area (Å²) in [6.07, 6.45) is 2.38. The minimum Gasteiger partial charge on any atom is -0.497 e. The van der Waals surface area contributed by atoms with E-state index in [9.17, 15) is 0 Å². The normalized spacial score (nSPS) is 11.3. The van der Waals surface area contributed by atoms with Crippen molar-refractivity contribution in [2.75, 3.05) is 7.11 Å². The highest BCUT2D eigenvalue weighted by Gasteiger charge is 2.12. The minimum absolute atomic E-state index is 0.445.